The lowest BCUT2D eigenvalue weighted by molar-refractivity contribution is 0.580. The van der Waals surface area contributed by atoms with Gasteiger partial charge in [0.25, 0.3) is 0 Å². The average Bonchev–Trinajstić information content (AvgIpc) is 2.34. The second-order valence-electron chi connectivity index (χ2n) is 4.85. The topological polar surface area (TPSA) is 12.0 Å². The maximum atomic E-state index is 3.53. The number of rotatable bonds is 6. The van der Waals surface area contributed by atoms with Gasteiger partial charge in [-0.1, -0.05) is 50.3 Å². The van der Waals surface area contributed by atoms with E-state index in [0.29, 0.717) is 12.0 Å². The van der Waals surface area contributed by atoms with E-state index in [9.17, 15) is 0 Å². The molecule has 0 aliphatic heterocycles. The van der Waals surface area contributed by atoms with Gasteiger partial charge in [-0.05, 0) is 43.9 Å². The molecule has 0 saturated heterocycles. The van der Waals surface area contributed by atoms with Crippen LogP contribution in [0.2, 0.25) is 0 Å². The first-order valence-corrected chi connectivity index (χ1v) is 6.59. The van der Waals surface area contributed by atoms with Crippen LogP contribution in [0.25, 0.3) is 0 Å². The Morgan fingerprint density at radius 3 is 2.18 bits per heavy atom. The van der Waals surface area contributed by atoms with E-state index in [1.165, 1.54) is 11.1 Å². The van der Waals surface area contributed by atoms with Crippen molar-refractivity contribution in [2.75, 3.05) is 6.54 Å². The molecule has 0 aromatic heterocycles. The van der Waals surface area contributed by atoms with Gasteiger partial charge in [0, 0.05) is 6.04 Å². The van der Waals surface area contributed by atoms with E-state index in [1.807, 2.05) is 0 Å². The minimum Gasteiger partial charge on any atom is -0.310 e. The van der Waals surface area contributed by atoms with E-state index in [0.717, 1.165) is 13.0 Å². The predicted octanol–water partition coefficient (Wildman–Crippen LogP) is 4.43. The number of allylic oxidation sites excluding steroid dienone is 1. The molecule has 0 heterocycles. The number of hydrogen-bond acceptors (Lipinski definition) is 1. The molecule has 1 rings (SSSR count). The quantitative estimate of drug-likeness (QED) is 0.564. The van der Waals surface area contributed by atoms with E-state index in [-0.39, 0.29) is 0 Å². The SMILES string of the molecule is C/C=C/CCNC(C)c1ccc(C(C)C)cc1. The summed E-state index contributed by atoms with van der Waals surface area (Å²) in [5.41, 5.74) is 2.78. The Labute approximate surface area is 106 Å². The summed E-state index contributed by atoms with van der Waals surface area (Å²) in [4.78, 5) is 0. The van der Waals surface area contributed by atoms with Crippen molar-refractivity contribution in [2.45, 2.75) is 46.1 Å². The molecule has 1 unspecified atom stereocenters. The summed E-state index contributed by atoms with van der Waals surface area (Å²) < 4.78 is 0. The van der Waals surface area contributed by atoms with Crippen LogP contribution in [0.5, 0.6) is 0 Å². The lowest BCUT2D eigenvalue weighted by Crippen LogP contribution is -2.19. The van der Waals surface area contributed by atoms with Gasteiger partial charge < -0.3 is 5.32 Å². The van der Waals surface area contributed by atoms with Crippen molar-refractivity contribution >= 4 is 0 Å². The lowest BCUT2D eigenvalue weighted by atomic mass is 9.99. The van der Waals surface area contributed by atoms with Gasteiger partial charge in [0.05, 0.1) is 0 Å². The van der Waals surface area contributed by atoms with Crippen molar-refractivity contribution < 1.29 is 0 Å². The summed E-state index contributed by atoms with van der Waals surface area (Å²) in [5.74, 6) is 0.613. The Balaban J connectivity index is 2.48. The van der Waals surface area contributed by atoms with Crippen molar-refractivity contribution in [1.29, 1.82) is 0 Å². The van der Waals surface area contributed by atoms with E-state index in [1.54, 1.807) is 0 Å². The maximum Gasteiger partial charge on any atom is 0.0291 e. The van der Waals surface area contributed by atoms with Gasteiger partial charge in [0.15, 0.2) is 0 Å². The summed E-state index contributed by atoms with van der Waals surface area (Å²) in [7, 11) is 0. The molecule has 0 spiro atoms. The molecule has 1 aromatic carbocycles. The lowest BCUT2D eigenvalue weighted by Gasteiger charge is -2.15. The van der Waals surface area contributed by atoms with Crippen molar-refractivity contribution in [3.8, 4) is 0 Å². The predicted molar refractivity (Wildman–Crippen MR) is 76.4 cm³/mol. The van der Waals surface area contributed by atoms with Crippen LogP contribution in [0.15, 0.2) is 36.4 Å². The monoisotopic (exact) mass is 231 g/mol. The van der Waals surface area contributed by atoms with Crippen LogP contribution in [0.1, 0.15) is 57.2 Å². The molecule has 94 valence electrons. The minimum atomic E-state index is 0.432. The fourth-order valence-electron chi connectivity index (χ4n) is 1.84. The molecule has 17 heavy (non-hydrogen) atoms. The molecule has 0 aliphatic rings. The van der Waals surface area contributed by atoms with Crippen LogP contribution in [-0.4, -0.2) is 6.54 Å². The van der Waals surface area contributed by atoms with E-state index >= 15 is 0 Å². The van der Waals surface area contributed by atoms with Crippen LogP contribution in [0, 0.1) is 0 Å². The average molecular weight is 231 g/mol. The van der Waals surface area contributed by atoms with Gasteiger partial charge in [0.1, 0.15) is 0 Å². The minimum absolute atomic E-state index is 0.432. The molecule has 1 atom stereocenters. The smallest absolute Gasteiger partial charge is 0.0291 e. The van der Waals surface area contributed by atoms with Gasteiger partial charge in [-0.2, -0.15) is 0 Å². The molecule has 0 saturated carbocycles. The summed E-state index contributed by atoms with van der Waals surface area (Å²) >= 11 is 0. The first kappa shape index (κ1) is 14.0. The van der Waals surface area contributed by atoms with E-state index in [4.69, 9.17) is 0 Å². The van der Waals surface area contributed by atoms with Gasteiger partial charge in [-0.3, -0.25) is 0 Å². The molecule has 1 heteroatoms. The largest absolute Gasteiger partial charge is 0.310 e. The van der Waals surface area contributed by atoms with E-state index < -0.39 is 0 Å². The Morgan fingerprint density at radius 1 is 1.06 bits per heavy atom. The Morgan fingerprint density at radius 2 is 1.65 bits per heavy atom. The highest BCUT2D eigenvalue weighted by Gasteiger charge is 2.04. The third-order valence-electron chi connectivity index (χ3n) is 3.10. The molecular weight excluding hydrogens is 206 g/mol. The van der Waals surface area contributed by atoms with E-state index in [2.05, 4.69) is 69.4 Å². The highest BCUT2D eigenvalue weighted by Crippen LogP contribution is 2.18. The number of hydrogen-bond donors (Lipinski definition) is 1. The Bertz CT molecular complexity index is 335. The Hall–Kier alpha value is -1.08. The molecule has 1 N–H and O–H groups in total. The third kappa shape index (κ3) is 4.74. The van der Waals surface area contributed by atoms with Crippen LogP contribution in [0.4, 0.5) is 0 Å². The van der Waals surface area contributed by atoms with Gasteiger partial charge in [-0.25, -0.2) is 0 Å². The summed E-state index contributed by atoms with van der Waals surface area (Å²) in [6.07, 6.45) is 5.40. The second-order valence-corrected chi connectivity index (χ2v) is 4.85. The first-order chi connectivity index (χ1) is 8.15. The molecule has 0 aliphatic carbocycles. The zero-order valence-electron chi connectivity index (χ0n) is 11.5. The fourth-order valence-corrected chi connectivity index (χ4v) is 1.84. The maximum absolute atomic E-state index is 3.53. The first-order valence-electron chi connectivity index (χ1n) is 6.59. The molecule has 1 nitrogen and oxygen atoms in total. The highest BCUT2D eigenvalue weighted by molar-refractivity contribution is 5.26. The van der Waals surface area contributed by atoms with Crippen LogP contribution in [-0.2, 0) is 0 Å². The number of benzene rings is 1. The summed E-state index contributed by atoms with van der Waals surface area (Å²) in [6.45, 7) is 9.78. The summed E-state index contributed by atoms with van der Waals surface area (Å²) in [6, 6.07) is 9.39. The van der Waals surface area contributed by atoms with Gasteiger partial charge in [0.2, 0.25) is 0 Å². The van der Waals surface area contributed by atoms with Crippen LogP contribution < -0.4 is 5.32 Å². The molecular formula is C16H25N. The van der Waals surface area contributed by atoms with Crippen molar-refractivity contribution in [2.24, 2.45) is 0 Å². The van der Waals surface area contributed by atoms with Crippen LogP contribution >= 0.6 is 0 Å². The van der Waals surface area contributed by atoms with Crippen molar-refractivity contribution in [3.05, 3.63) is 47.5 Å². The van der Waals surface area contributed by atoms with Crippen molar-refractivity contribution in [1.82, 2.24) is 5.32 Å². The standard InChI is InChI=1S/C16H25N/c1-5-6-7-12-17-14(4)16-10-8-15(9-11-16)13(2)3/h5-6,8-11,13-14,17H,7,12H2,1-4H3/b6-5+. The second kappa shape index (κ2) is 7.29. The number of nitrogens with one attached hydrogen (secondary N) is 1. The zero-order valence-corrected chi connectivity index (χ0v) is 11.5. The fraction of sp³-hybridized carbons (Fsp3) is 0.500. The molecule has 0 radical (unpaired) electrons. The molecule has 0 fully saturated rings. The molecule has 0 bridgehead atoms. The highest BCUT2D eigenvalue weighted by atomic mass is 14.9. The van der Waals surface area contributed by atoms with Gasteiger partial charge >= 0.3 is 0 Å². The van der Waals surface area contributed by atoms with Crippen molar-refractivity contribution in [3.63, 3.8) is 0 Å². The molecule has 1 aromatic rings. The van der Waals surface area contributed by atoms with Gasteiger partial charge in [-0.15, -0.1) is 0 Å². The zero-order chi connectivity index (χ0) is 12.7. The molecule has 0 amide bonds. The van der Waals surface area contributed by atoms with Crippen LogP contribution in [0.3, 0.4) is 0 Å². The third-order valence-corrected chi connectivity index (χ3v) is 3.10. The Kier molecular flexibility index (Phi) is 5.99. The summed E-state index contributed by atoms with van der Waals surface area (Å²) in [5, 5.41) is 3.53. The normalized spacial score (nSPS) is 13.5.